The first-order valence-electron chi connectivity index (χ1n) is 10.6. The number of nitrogens with one attached hydrogen (secondary N) is 1. The number of aryl methyl sites for hydroxylation is 4. The summed E-state index contributed by atoms with van der Waals surface area (Å²) in [5, 5.41) is 3.05. The Labute approximate surface area is 180 Å². The molecule has 0 fully saturated rings. The number of carbonyl (C=O) groups is 1. The monoisotopic (exact) mass is 428 g/mol. The molecule has 1 atom stereocenters. The van der Waals surface area contributed by atoms with Gasteiger partial charge in [0.15, 0.2) is 0 Å². The number of carbonyl (C=O) groups excluding carboxylic acids is 1. The molecule has 0 saturated heterocycles. The lowest BCUT2D eigenvalue weighted by molar-refractivity contribution is -0.120. The topological polar surface area (TPSA) is 66.5 Å². The molecule has 0 spiro atoms. The molecular formula is C24H32N2O3S. The Morgan fingerprint density at radius 2 is 1.77 bits per heavy atom. The first kappa shape index (κ1) is 22.3. The molecule has 1 aliphatic rings. The molecule has 1 amide bonds. The van der Waals surface area contributed by atoms with Crippen LogP contribution in [0.25, 0.3) is 0 Å². The van der Waals surface area contributed by atoms with Gasteiger partial charge in [0.2, 0.25) is 15.9 Å². The van der Waals surface area contributed by atoms with E-state index in [1.165, 1.54) is 28.3 Å². The van der Waals surface area contributed by atoms with Crippen LogP contribution >= 0.6 is 0 Å². The maximum absolute atomic E-state index is 12.9. The Balaban J connectivity index is 1.78. The zero-order valence-electron chi connectivity index (χ0n) is 18.4. The first-order chi connectivity index (χ1) is 14.2. The van der Waals surface area contributed by atoms with Crippen molar-refractivity contribution >= 4 is 21.6 Å². The van der Waals surface area contributed by atoms with E-state index in [9.17, 15) is 13.2 Å². The van der Waals surface area contributed by atoms with Crippen molar-refractivity contribution in [2.75, 3.05) is 17.1 Å². The minimum Gasteiger partial charge on any atom is -0.348 e. The van der Waals surface area contributed by atoms with Gasteiger partial charge in [-0.15, -0.1) is 0 Å². The first-order valence-corrected chi connectivity index (χ1v) is 12.5. The lowest BCUT2D eigenvalue weighted by atomic mass is 9.89. The maximum Gasteiger partial charge on any atom is 0.241 e. The Bertz CT molecular complexity index is 1030. The van der Waals surface area contributed by atoms with Crippen molar-refractivity contribution in [2.45, 2.75) is 58.9 Å². The fourth-order valence-corrected chi connectivity index (χ4v) is 5.14. The number of nitrogens with zero attached hydrogens (tertiary/aromatic N) is 1. The van der Waals surface area contributed by atoms with Gasteiger partial charge in [-0.05, 0) is 74.3 Å². The summed E-state index contributed by atoms with van der Waals surface area (Å²) in [6.07, 6.45) is 6.53. The van der Waals surface area contributed by atoms with Crippen molar-refractivity contribution in [2.24, 2.45) is 0 Å². The fraction of sp³-hybridized carbons (Fsp3) is 0.458. The van der Waals surface area contributed by atoms with Crippen molar-refractivity contribution < 1.29 is 13.2 Å². The van der Waals surface area contributed by atoms with Gasteiger partial charge >= 0.3 is 0 Å². The van der Waals surface area contributed by atoms with Gasteiger partial charge in [0.1, 0.15) is 6.54 Å². The highest BCUT2D eigenvalue weighted by Gasteiger charge is 2.24. The average Bonchev–Trinajstić information content (AvgIpc) is 2.69. The predicted octanol–water partition coefficient (Wildman–Crippen LogP) is 4.22. The molecule has 162 valence electrons. The van der Waals surface area contributed by atoms with Crippen molar-refractivity contribution in [3.05, 3.63) is 64.2 Å². The van der Waals surface area contributed by atoms with Crippen LogP contribution in [0.5, 0.6) is 0 Å². The van der Waals surface area contributed by atoms with Crippen molar-refractivity contribution in [3.8, 4) is 0 Å². The van der Waals surface area contributed by atoms with E-state index in [2.05, 4.69) is 23.5 Å². The normalized spacial score (nSPS) is 14.7. The summed E-state index contributed by atoms with van der Waals surface area (Å²) in [5.74, 6) is -0.301. The Morgan fingerprint density at radius 3 is 2.40 bits per heavy atom. The van der Waals surface area contributed by atoms with Crippen molar-refractivity contribution in [3.63, 3.8) is 0 Å². The van der Waals surface area contributed by atoms with E-state index in [0.717, 1.165) is 42.2 Å². The highest BCUT2D eigenvalue weighted by Crippen LogP contribution is 2.27. The van der Waals surface area contributed by atoms with E-state index < -0.39 is 10.0 Å². The highest BCUT2D eigenvalue weighted by atomic mass is 32.2. The van der Waals surface area contributed by atoms with E-state index >= 15 is 0 Å². The molecule has 2 aromatic rings. The number of fused-ring (bicyclic) bond motifs is 1. The summed E-state index contributed by atoms with van der Waals surface area (Å²) >= 11 is 0. The predicted molar refractivity (Wildman–Crippen MR) is 122 cm³/mol. The number of hydrogen-bond donors (Lipinski definition) is 1. The van der Waals surface area contributed by atoms with Gasteiger partial charge in [0.25, 0.3) is 0 Å². The number of anilines is 1. The van der Waals surface area contributed by atoms with E-state index in [-0.39, 0.29) is 18.5 Å². The van der Waals surface area contributed by atoms with Crippen LogP contribution in [-0.4, -0.2) is 27.1 Å². The number of benzene rings is 2. The second-order valence-corrected chi connectivity index (χ2v) is 10.2. The van der Waals surface area contributed by atoms with Crippen molar-refractivity contribution in [1.82, 2.24) is 5.32 Å². The summed E-state index contributed by atoms with van der Waals surface area (Å²) in [7, 11) is -3.60. The van der Waals surface area contributed by atoms with E-state index in [0.29, 0.717) is 5.69 Å². The molecule has 0 aromatic heterocycles. The van der Waals surface area contributed by atoms with Gasteiger partial charge in [-0.1, -0.05) is 42.8 Å². The van der Waals surface area contributed by atoms with Crippen LogP contribution in [0.4, 0.5) is 5.69 Å². The Kier molecular flexibility index (Phi) is 6.86. The molecule has 3 rings (SSSR count). The summed E-state index contributed by atoms with van der Waals surface area (Å²) in [6, 6.07) is 11.9. The molecule has 30 heavy (non-hydrogen) atoms. The quantitative estimate of drug-likeness (QED) is 0.718. The average molecular weight is 429 g/mol. The largest absolute Gasteiger partial charge is 0.348 e. The van der Waals surface area contributed by atoms with E-state index in [1.807, 2.05) is 32.9 Å². The van der Waals surface area contributed by atoms with Gasteiger partial charge in [-0.25, -0.2) is 8.42 Å². The Hall–Kier alpha value is -2.34. The summed E-state index contributed by atoms with van der Waals surface area (Å²) in [5.41, 5.74) is 6.29. The van der Waals surface area contributed by atoms with Crippen LogP contribution < -0.4 is 9.62 Å². The van der Waals surface area contributed by atoms with Crippen LogP contribution in [-0.2, 0) is 27.7 Å². The third kappa shape index (κ3) is 5.22. The minimum absolute atomic E-state index is 0.134. The molecule has 2 aromatic carbocycles. The summed E-state index contributed by atoms with van der Waals surface area (Å²) < 4.78 is 26.1. The van der Waals surface area contributed by atoms with Crippen LogP contribution in [0.15, 0.2) is 36.4 Å². The van der Waals surface area contributed by atoms with Gasteiger partial charge < -0.3 is 5.32 Å². The number of hydrogen-bond acceptors (Lipinski definition) is 3. The van der Waals surface area contributed by atoms with Crippen LogP contribution in [0.2, 0.25) is 0 Å². The lowest BCUT2D eigenvalue weighted by Gasteiger charge is -2.26. The molecule has 0 aliphatic heterocycles. The number of amides is 1. The molecule has 0 bridgehead atoms. The molecule has 0 saturated carbocycles. The van der Waals surface area contributed by atoms with Crippen LogP contribution in [0.3, 0.4) is 0 Å². The fourth-order valence-electron chi connectivity index (χ4n) is 4.23. The molecule has 1 unspecified atom stereocenters. The van der Waals surface area contributed by atoms with Gasteiger partial charge in [-0.3, -0.25) is 9.10 Å². The molecule has 0 heterocycles. The van der Waals surface area contributed by atoms with Crippen molar-refractivity contribution in [1.29, 1.82) is 0 Å². The second-order valence-electron chi connectivity index (χ2n) is 8.32. The minimum atomic E-state index is -3.60. The van der Waals surface area contributed by atoms with Crippen LogP contribution in [0.1, 0.15) is 60.0 Å². The molecular weight excluding hydrogens is 396 g/mol. The summed E-state index contributed by atoms with van der Waals surface area (Å²) in [6.45, 7) is 5.62. The van der Waals surface area contributed by atoms with E-state index in [4.69, 9.17) is 0 Å². The Morgan fingerprint density at radius 1 is 1.07 bits per heavy atom. The second kappa shape index (κ2) is 9.21. The SMILES string of the molecule is CCC(NC(=O)CN(c1ccc(C)cc1C)S(C)(=O)=O)c1ccc2c(c1)CCCC2. The maximum atomic E-state index is 12.9. The van der Waals surface area contributed by atoms with Gasteiger partial charge in [0, 0.05) is 0 Å². The van der Waals surface area contributed by atoms with E-state index in [1.54, 1.807) is 6.07 Å². The summed E-state index contributed by atoms with van der Waals surface area (Å²) in [4.78, 5) is 12.9. The van der Waals surface area contributed by atoms with Gasteiger partial charge in [0.05, 0.1) is 18.0 Å². The number of rotatable bonds is 7. The van der Waals surface area contributed by atoms with Crippen LogP contribution in [0, 0.1) is 13.8 Å². The van der Waals surface area contributed by atoms with Gasteiger partial charge in [-0.2, -0.15) is 0 Å². The lowest BCUT2D eigenvalue weighted by Crippen LogP contribution is -2.41. The smallest absolute Gasteiger partial charge is 0.241 e. The molecule has 0 radical (unpaired) electrons. The highest BCUT2D eigenvalue weighted by molar-refractivity contribution is 7.92. The zero-order chi connectivity index (χ0) is 21.9. The standard InChI is InChI=1S/C24H32N2O3S/c1-5-22(21-12-11-19-8-6-7-9-20(19)15-21)25-24(27)16-26(30(4,28)29)23-13-10-17(2)14-18(23)3/h10-15,22H,5-9,16H2,1-4H3,(H,25,27). The zero-order valence-corrected chi connectivity index (χ0v) is 19.2. The molecule has 1 aliphatic carbocycles. The number of sulfonamides is 1. The third-order valence-corrected chi connectivity index (χ3v) is 6.95. The molecule has 5 nitrogen and oxygen atoms in total. The third-order valence-electron chi connectivity index (χ3n) is 5.83. The molecule has 6 heteroatoms. The molecule has 1 N–H and O–H groups in total.